The van der Waals surface area contributed by atoms with Crippen LogP contribution < -0.4 is 10.1 Å². The lowest BCUT2D eigenvalue weighted by Gasteiger charge is -2.35. The van der Waals surface area contributed by atoms with Gasteiger partial charge in [-0.3, -0.25) is 4.98 Å². The molecule has 7 heteroatoms. The van der Waals surface area contributed by atoms with Crippen molar-refractivity contribution >= 4 is 21.8 Å². The fourth-order valence-electron chi connectivity index (χ4n) is 4.94. The van der Waals surface area contributed by atoms with E-state index >= 15 is 0 Å². The Bertz CT molecular complexity index is 1240. The molecule has 6 rings (SSSR count). The summed E-state index contributed by atoms with van der Waals surface area (Å²) in [5.41, 5.74) is 4.41. The monoisotopic (exact) mass is 457 g/mol. The van der Waals surface area contributed by atoms with Gasteiger partial charge < -0.3 is 24.7 Å². The summed E-state index contributed by atoms with van der Waals surface area (Å²) in [4.78, 5) is 14.8. The molecule has 176 valence electrons. The molecule has 3 aromatic heterocycles. The Morgan fingerprint density at radius 3 is 2.65 bits per heavy atom. The van der Waals surface area contributed by atoms with Gasteiger partial charge in [-0.25, -0.2) is 4.98 Å². The highest BCUT2D eigenvalue weighted by Gasteiger charge is 2.31. The largest absolute Gasteiger partial charge is 0.474 e. The maximum Gasteiger partial charge on any atom is 0.213 e. The number of aromatic nitrogens is 3. The lowest BCUT2D eigenvalue weighted by Crippen LogP contribution is -2.44. The van der Waals surface area contributed by atoms with Gasteiger partial charge in [0, 0.05) is 104 Å². The zero-order valence-electron chi connectivity index (χ0n) is 19.4. The van der Waals surface area contributed by atoms with Crippen molar-refractivity contribution in [1.82, 2.24) is 25.2 Å². The molecule has 0 spiro atoms. The molecule has 7 nitrogen and oxygen atoms in total. The predicted octanol–water partition coefficient (Wildman–Crippen LogP) is 4.00. The molecule has 34 heavy (non-hydrogen) atoms. The van der Waals surface area contributed by atoms with Gasteiger partial charge in [-0.2, -0.15) is 0 Å². The minimum Gasteiger partial charge on any atom is -0.474 e. The second-order valence-corrected chi connectivity index (χ2v) is 9.34. The Kier molecular flexibility index (Phi) is 6.14. The first-order valence-corrected chi connectivity index (χ1v) is 12.3. The Labute approximate surface area is 199 Å². The van der Waals surface area contributed by atoms with E-state index in [1.165, 1.54) is 5.39 Å². The van der Waals surface area contributed by atoms with Crippen LogP contribution in [0.15, 0.2) is 55.0 Å². The van der Waals surface area contributed by atoms with Crippen LogP contribution in [-0.2, 0) is 4.74 Å². The first-order valence-electron chi connectivity index (χ1n) is 12.3. The van der Waals surface area contributed by atoms with E-state index in [1.54, 1.807) is 0 Å². The molecule has 0 atom stereocenters. The van der Waals surface area contributed by atoms with Gasteiger partial charge >= 0.3 is 0 Å². The number of benzene rings is 1. The highest BCUT2D eigenvalue weighted by atomic mass is 16.5. The van der Waals surface area contributed by atoms with E-state index in [0.29, 0.717) is 12.0 Å². The minimum atomic E-state index is 0.202. The van der Waals surface area contributed by atoms with Crippen LogP contribution in [0.1, 0.15) is 19.3 Å². The Hall–Kier alpha value is -3.00. The lowest BCUT2D eigenvalue weighted by molar-refractivity contribution is -0.0636. The van der Waals surface area contributed by atoms with Crippen molar-refractivity contribution in [2.75, 3.05) is 39.3 Å². The molecule has 2 fully saturated rings. The first-order chi connectivity index (χ1) is 16.8. The summed E-state index contributed by atoms with van der Waals surface area (Å²) in [7, 11) is 0. The molecule has 4 heterocycles. The molecule has 0 radical (unpaired) electrons. The summed E-state index contributed by atoms with van der Waals surface area (Å²) in [6, 6.07) is 12.5. The maximum atomic E-state index is 6.06. The van der Waals surface area contributed by atoms with Crippen molar-refractivity contribution in [3.05, 3.63) is 55.0 Å². The molecule has 1 aliphatic heterocycles. The number of H-pyrrole nitrogens is 1. The SMILES string of the molecule is c1cc2[nH]c3cc(-c4ccc(OC5CC(OCCCN6CCNCC6)C5)nc4)ccc3c2cn1. The standard InChI is InChI=1S/C27H31N5O2/c1(10-32-11-8-28-9-12-32)13-33-21-15-22(16-21)34-27-5-3-20(17-30-27)19-2-4-23-24-18-29-7-6-25(24)31-26(23)14-19/h2-7,14,17-18,21-22,28,31H,1,8-13,15-16H2. The van der Waals surface area contributed by atoms with Crippen molar-refractivity contribution < 1.29 is 9.47 Å². The van der Waals surface area contributed by atoms with Gasteiger partial charge in [0.1, 0.15) is 6.10 Å². The van der Waals surface area contributed by atoms with Crippen LogP contribution in [0.2, 0.25) is 0 Å². The molecule has 4 aromatic rings. The number of hydrogen-bond donors (Lipinski definition) is 2. The Morgan fingerprint density at radius 2 is 1.79 bits per heavy atom. The van der Waals surface area contributed by atoms with E-state index in [-0.39, 0.29) is 6.10 Å². The first kappa shape index (κ1) is 21.5. The van der Waals surface area contributed by atoms with Crippen molar-refractivity contribution in [2.24, 2.45) is 0 Å². The van der Waals surface area contributed by atoms with Crippen LogP contribution in [0.3, 0.4) is 0 Å². The van der Waals surface area contributed by atoms with Gasteiger partial charge in [-0.1, -0.05) is 12.1 Å². The smallest absolute Gasteiger partial charge is 0.213 e. The van der Waals surface area contributed by atoms with Crippen molar-refractivity contribution in [2.45, 2.75) is 31.5 Å². The highest BCUT2D eigenvalue weighted by Crippen LogP contribution is 2.31. The van der Waals surface area contributed by atoms with E-state index in [1.807, 2.05) is 30.7 Å². The Morgan fingerprint density at radius 1 is 0.912 bits per heavy atom. The van der Waals surface area contributed by atoms with Gasteiger partial charge in [0.25, 0.3) is 0 Å². The molecular weight excluding hydrogens is 426 g/mol. The number of fused-ring (bicyclic) bond motifs is 3. The third kappa shape index (κ3) is 4.64. The zero-order valence-corrected chi connectivity index (χ0v) is 19.4. The van der Waals surface area contributed by atoms with Gasteiger partial charge in [-0.15, -0.1) is 0 Å². The second kappa shape index (κ2) is 9.70. The molecule has 1 aliphatic carbocycles. The number of rotatable bonds is 8. The number of hydrogen-bond acceptors (Lipinski definition) is 6. The quantitative estimate of drug-likeness (QED) is 0.390. The second-order valence-electron chi connectivity index (χ2n) is 9.34. The van der Waals surface area contributed by atoms with Crippen molar-refractivity contribution in [3.8, 4) is 17.0 Å². The summed E-state index contributed by atoms with van der Waals surface area (Å²) in [5, 5.41) is 5.73. The molecule has 0 bridgehead atoms. The molecule has 0 unspecified atom stereocenters. The minimum absolute atomic E-state index is 0.202. The lowest BCUT2D eigenvalue weighted by atomic mass is 9.92. The normalized spacial score (nSPS) is 21.1. The van der Waals surface area contributed by atoms with Gasteiger partial charge in [0.15, 0.2) is 0 Å². The molecule has 1 saturated carbocycles. The Balaban J connectivity index is 0.984. The number of piperazine rings is 1. The van der Waals surface area contributed by atoms with E-state index < -0.39 is 0 Å². The number of nitrogens with zero attached hydrogens (tertiary/aromatic N) is 3. The van der Waals surface area contributed by atoms with E-state index in [0.717, 1.165) is 86.1 Å². The number of aromatic amines is 1. The highest BCUT2D eigenvalue weighted by molar-refractivity contribution is 6.07. The molecule has 1 aromatic carbocycles. The van der Waals surface area contributed by atoms with E-state index in [2.05, 4.69) is 49.4 Å². The molecular formula is C27H31N5O2. The molecule has 2 aliphatic rings. The van der Waals surface area contributed by atoms with Gasteiger partial charge in [0.05, 0.1) is 6.10 Å². The van der Waals surface area contributed by atoms with E-state index in [9.17, 15) is 0 Å². The number of ether oxygens (including phenoxy) is 2. The molecule has 1 saturated heterocycles. The van der Waals surface area contributed by atoms with Crippen LogP contribution in [0.5, 0.6) is 5.88 Å². The van der Waals surface area contributed by atoms with Crippen molar-refractivity contribution in [1.29, 1.82) is 0 Å². The van der Waals surface area contributed by atoms with Crippen LogP contribution >= 0.6 is 0 Å². The molecule has 2 N–H and O–H groups in total. The predicted molar refractivity (Wildman–Crippen MR) is 134 cm³/mol. The number of pyridine rings is 2. The zero-order chi connectivity index (χ0) is 22.7. The van der Waals surface area contributed by atoms with Crippen LogP contribution in [-0.4, -0.2) is 71.4 Å². The topological polar surface area (TPSA) is 75.3 Å². The fraction of sp³-hybridized carbons (Fsp3) is 0.407. The molecule has 0 amide bonds. The van der Waals surface area contributed by atoms with Crippen LogP contribution in [0, 0.1) is 0 Å². The van der Waals surface area contributed by atoms with Gasteiger partial charge in [0.2, 0.25) is 5.88 Å². The van der Waals surface area contributed by atoms with Crippen molar-refractivity contribution in [3.63, 3.8) is 0 Å². The average molecular weight is 458 g/mol. The van der Waals surface area contributed by atoms with E-state index in [4.69, 9.17) is 9.47 Å². The third-order valence-corrected chi connectivity index (χ3v) is 6.99. The fourth-order valence-corrected chi connectivity index (χ4v) is 4.94. The summed E-state index contributed by atoms with van der Waals surface area (Å²) >= 11 is 0. The van der Waals surface area contributed by atoms with Gasteiger partial charge in [-0.05, 0) is 30.2 Å². The summed E-state index contributed by atoms with van der Waals surface area (Å²) < 4.78 is 12.1. The maximum absolute atomic E-state index is 6.06. The van der Waals surface area contributed by atoms with Crippen LogP contribution in [0.25, 0.3) is 32.9 Å². The average Bonchev–Trinajstić information content (AvgIpc) is 3.23. The summed E-state index contributed by atoms with van der Waals surface area (Å²) in [5.74, 6) is 0.684. The summed E-state index contributed by atoms with van der Waals surface area (Å²) in [6.45, 7) is 6.49. The number of nitrogens with one attached hydrogen (secondary N) is 2. The summed E-state index contributed by atoms with van der Waals surface area (Å²) in [6.07, 6.45) is 9.14. The van der Waals surface area contributed by atoms with Crippen LogP contribution in [0.4, 0.5) is 0 Å². The third-order valence-electron chi connectivity index (χ3n) is 6.99.